The topological polar surface area (TPSA) is 48.1 Å². The Balaban J connectivity index is 1.39. The van der Waals surface area contributed by atoms with Crippen LogP contribution in [0.5, 0.6) is 0 Å². The molecular weight excluding hydrogens is 456 g/mol. The van der Waals surface area contributed by atoms with Crippen molar-refractivity contribution in [2.24, 2.45) is 0 Å². The molecule has 0 unspecified atom stereocenters. The van der Waals surface area contributed by atoms with Crippen molar-refractivity contribution in [2.75, 3.05) is 10.9 Å². The lowest BCUT2D eigenvalue weighted by molar-refractivity contribution is 0.710. The van der Waals surface area contributed by atoms with Crippen molar-refractivity contribution >= 4 is 43.2 Å². The Morgan fingerprint density at radius 3 is 1.27 bits per heavy atom. The van der Waals surface area contributed by atoms with Crippen molar-refractivity contribution < 1.29 is 0 Å². The average Bonchev–Trinajstić information content (AvgIpc) is 2.66. The molecule has 1 aliphatic carbocycles. The first kappa shape index (κ1) is 18.9. The van der Waals surface area contributed by atoms with Crippen LogP contribution in [-0.4, -0.2) is 0 Å². The maximum Gasteiger partial charge on any atom is 0.0540 e. The van der Waals surface area contributed by atoms with E-state index in [1.54, 1.807) is 0 Å². The second kappa shape index (κ2) is 9.69. The van der Waals surface area contributed by atoms with E-state index in [2.05, 4.69) is 66.0 Å². The maximum absolute atomic E-state index is 3.44. The zero-order valence-electron chi connectivity index (χ0n) is 14.4. The van der Waals surface area contributed by atoms with Crippen molar-refractivity contribution in [3.63, 3.8) is 0 Å². The Labute approximate surface area is 171 Å². The second-order valence-corrected chi connectivity index (χ2v) is 7.99. The normalized spacial score (nSPS) is 13.8. The van der Waals surface area contributed by atoms with E-state index >= 15 is 0 Å². The molecule has 1 saturated carbocycles. The number of hydrogen-bond acceptors (Lipinski definition) is 4. The van der Waals surface area contributed by atoms with Gasteiger partial charge in [0.1, 0.15) is 0 Å². The molecule has 1 aliphatic rings. The standard InChI is InChI=1S/C20H22Br2N4/c21-17-5-9-19(10-6-17)25-23-13-15-1-2-16(4-3-15)14-24-26-20-11-7-18(22)8-12-20/h5-14,23-26H,1-4H2. The molecule has 0 aliphatic heterocycles. The Hall–Kier alpha value is -1.92. The number of nitrogens with one attached hydrogen (secondary N) is 4. The van der Waals surface area contributed by atoms with Gasteiger partial charge in [0, 0.05) is 21.3 Å². The average molecular weight is 478 g/mol. The second-order valence-electron chi connectivity index (χ2n) is 6.16. The van der Waals surface area contributed by atoms with Crippen molar-refractivity contribution in [3.05, 3.63) is 81.0 Å². The molecule has 2 aromatic carbocycles. The van der Waals surface area contributed by atoms with E-state index in [0.717, 1.165) is 46.0 Å². The van der Waals surface area contributed by atoms with E-state index in [9.17, 15) is 0 Å². The van der Waals surface area contributed by atoms with Crippen LogP contribution in [-0.2, 0) is 0 Å². The Morgan fingerprint density at radius 2 is 0.923 bits per heavy atom. The fourth-order valence-electron chi connectivity index (χ4n) is 2.69. The van der Waals surface area contributed by atoms with Crippen LogP contribution in [0.4, 0.5) is 11.4 Å². The number of anilines is 2. The molecule has 3 rings (SSSR count). The van der Waals surface area contributed by atoms with Crippen LogP contribution in [0.1, 0.15) is 25.7 Å². The van der Waals surface area contributed by atoms with E-state index in [4.69, 9.17) is 0 Å². The zero-order valence-corrected chi connectivity index (χ0v) is 17.5. The minimum absolute atomic E-state index is 1.05. The summed E-state index contributed by atoms with van der Waals surface area (Å²) in [5, 5.41) is 0. The molecule has 136 valence electrons. The van der Waals surface area contributed by atoms with Crippen molar-refractivity contribution in [1.29, 1.82) is 0 Å². The van der Waals surface area contributed by atoms with E-state index in [1.165, 1.54) is 11.1 Å². The molecule has 2 aromatic rings. The highest BCUT2D eigenvalue weighted by Crippen LogP contribution is 2.26. The van der Waals surface area contributed by atoms with Gasteiger partial charge in [-0.05, 0) is 74.2 Å². The highest BCUT2D eigenvalue weighted by Gasteiger charge is 2.09. The molecule has 0 amide bonds. The highest BCUT2D eigenvalue weighted by atomic mass is 79.9. The summed E-state index contributed by atoms with van der Waals surface area (Å²) in [5.74, 6) is 0. The molecule has 4 nitrogen and oxygen atoms in total. The fourth-order valence-corrected chi connectivity index (χ4v) is 3.22. The molecule has 0 radical (unpaired) electrons. The first-order chi connectivity index (χ1) is 12.7. The Bertz CT molecular complexity index is 688. The van der Waals surface area contributed by atoms with Crippen LogP contribution < -0.4 is 21.7 Å². The molecule has 1 fully saturated rings. The van der Waals surface area contributed by atoms with Gasteiger partial charge in [-0.25, -0.2) is 0 Å². The quantitative estimate of drug-likeness (QED) is 0.380. The summed E-state index contributed by atoms with van der Waals surface area (Å²) in [4.78, 5) is 0. The number of allylic oxidation sites excluding steroid dienone is 2. The van der Waals surface area contributed by atoms with Crippen molar-refractivity contribution in [3.8, 4) is 0 Å². The number of halogens is 2. The van der Waals surface area contributed by atoms with E-state index in [-0.39, 0.29) is 0 Å². The summed E-state index contributed by atoms with van der Waals surface area (Å²) < 4.78 is 2.16. The molecule has 4 N–H and O–H groups in total. The zero-order chi connectivity index (χ0) is 18.2. The number of rotatable bonds is 6. The summed E-state index contributed by atoms with van der Waals surface area (Å²) in [6, 6.07) is 16.2. The van der Waals surface area contributed by atoms with Crippen LogP contribution in [0.3, 0.4) is 0 Å². The molecule has 0 spiro atoms. The van der Waals surface area contributed by atoms with Crippen LogP contribution in [0, 0.1) is 0 Å². The SMILES string of the molecule is Brc1ccc(NNC=C2CCC(=CNNc3ccc(Br)cc3)CC2)cc1. The van der Waals surface area contributed by atoms with Gasteiger partial charge in [0.15, 0.2) is 0 Å². The molecule has 0 heterocycles. The lowest BCUT2D eigenvalue weighted by Gasteiger charge is -2.18. The molecular formula is C20H22Br2N4. The van der Waals surface area contributed by atoms with Gasteiger partial charge < -0.3 is 21.7 Å². The van der Waals surface area contributed by atoms with E-state index in [0.29, 0.717) is 0 Å². The molecule has 0 bridgehead atoms. The summed E-state index contributed by atoms with van der Waals surface area (Å²) in [7, 11) is 0. The minimum atomic E-state index is 1.05. The fraction of sp³-hybridized carbons (Fsp3) is 0.200. The predicted molar refractivity (Wildman–Crippen MR) is 116 cm³/mol. The minimum Gasteiger partial charge on any atom is -0.308 e. The largest absolute Gasteiger partial charge is 0.308 e. The number of hydrogen-bond donors (Lipinski definition) is 4. The van der Waals surface area contributed by atoms with Gasteiger partial charge in [-0.3, -0.25) is 0 Å². The van der Waals surface area contributed by atoms with Crippen molar-refractivity contribution in [1.82, 2.24) is 10.9 Å². The third-order valence-electron chi connectivity index (χ3n) is 4.21. The van der Waals surface area contributed by atoms with Crippen LogP contribution in [0.25, 0.3) is 0 Å². The smallest absolute Gasteiger partial charge is 0.0540 e. The molecule has 0 atom stereocenters. The molecule has 0 aromatic heterocycles. The monoisotopic (exact) mass is 476 g/mol. The van der Waals surface area contributed by atoms with Crippen LogP contribution >= 0.6 is 31.9 Å². The van der Waals surface area contributed by atoms with Gasteiger partial charge in [-0.1, -0.05) is 43.0 Å². The first-order valence-electron chi connectivity index (χ1n) is 8.59. The van der Waals surface area contributed by atoms with Gasteiger partial charge in [-0.2, -0.15) is 0 Å². The van der Waals surface area contributed by atoms with Gasteiger partial charge in [-0.15, -0.1) is 0 Å². The summed E-state index contributed by atoms with van der Waals surface area (Å²) >= 11 is 6.88. The van der Waals surface area contributed by atoms with Gasteiger partial charge in [0.2, 0.25) is 0 Å². The number of benzene rings is 2. The summed E-state index contributed by atoms with van der Waals surface area (Å²) in [5.41, 5.74) is 17.8. The summed E-state index contributed by atoms with van der Waals surface area (Å²) in [6.45, 7) is 0. The Kier molecular flexibility index (Phi) is 7.03. The first-order valence-corrected chi connectivity index (χ1v) is 10.2. The van der Waals surface area contributed by atoms with Crippen molar-refractivity contribution in [2.45, 2.75) is 25.7 Å². The molecule has 6 heteroatoms. The highest BCUT2D eigenvalue weighted by molar-refractivity contribution is 9.10. The number of hydrazine groups is 2. The maximum atomic E-state index is 3.44. The third-order valence-corrected chi connectivity index (χ3v) is 5.27. The molecule has 0 saturated heterocycles. The van der Waals surface area contributed by atoms with Gasteiger partial charge >= 0.3 is 0 Å². The van der Waals surface area contributed by atoms with Gasteiger partial charge in [0.05, 0.1) is 11.4 Å². The Morgan fingerprint density at radius 1 is 0.577 bits per heavy atom. The van der Waals surface area contributed by atoms with Gasteiger partial charge in [0.25, 0.3) is 0 Å². The lowest BCUT2D eigenvalue weighted by atomic mass is 9.92. The van der Waals surface area contributed by atoms with Crippen LogP contribution in [0.15, 0.2) is 81.0 Å². The summed E-state index contributed by atoms with van der Waals surface area (Å²) in [6.07, 6.45) is 8.52. The third kappa shape index (κ3) is 6.11. The lowest BCUT2D eigenvalue weighted by Crippen LogP contribution is -2.17. The van der Waals surface area contributed by atoms with Crippen LogP contribution in [0.2, 0.25) is 0 Å². The van der Waals surface area contributed by atoms with E-state index < -0.39 is 0 Å². The predicted octanol–water partition coefficient (Wildman–Crippen LogP) is 6.09. The van der Waals surface area contributed by atoms with E-state index in [1.807, 2.05) is 48.5 Å². The molecule has 26 heavy (non-hydrogen) atoms.